The molecule has 72 valence electrons. The third-order valence-corrected chi connectivity index (χ3v) is 1.80. The number of rotatable bonds is 4. The van der Waals surface area contributed by atoms with E-state index in [4.69, 9.17) is 0 Å². The Bertz CT molecular complexity index is 254. The van der Waals surface area contributed by atoms with Crippen molar-refractivity contribution in [1.29, 1.82) is 0 Å². The quantitative estimate of drug-likeness (QED) is 0.456. The molecule has 1 heteroatoms. The summed E-state index contributed by atoms with van der Waals surface area (Å²) >= 11 is 0. The average Bonchev–Trinajstić information content (AvgIpc) is 2.11. The summed E-state index contributed by atoms with van der Waals surface area (Å²) in [7, 11) is 0. The number of allylic oxidation sites excluding steroid dienone is 4. The van der Waals surface area contributed by atoms with Crippen molar-refractivity contribution in [1.82, 2.24) is 0 Å². The van der Waals surface area contributed by atoms with E-state index in [2.05, 4.69) is 24.6 Å². The summed E-state index contributed by atoms with van der Waals surface area (Å²) in [4.78, 5) is 4.29. The van der Waals surface area contributed by atoms with Gasteiger partial charge >= 0.3 is 0 Å². The lowest BCUT2D eigenvalue weighted by Crippen LogP contribution is -1.84. The minimum Gasteiger partial charge on any atom is -0.261 e. The third kappa shape index (κ3) is 4.46. The molecule has 0 N–H and O–H groups in total. The highest BCUT2D eigenvalue weighted by atomic mass is 14.7. The zero-order chi connectivity index (χ0) is 10.3. The minimum absolute atomic E-state index is 1.01. The average molecular weight is 177 g/mol. The maximum absolute atomic E-state index is 4.29. The lowest BCUT2D eigenvalue weighted by Gasteiger charge is -2.02. The first-order valence-corrected chi connectivity index (χ1v) is 4.65. The molecule has 0 radical (unpaired) electrons. The molecule has 0 aliphatic carbocycles. The molecule has 0 saturated carbocycles. The van der Waals surface area contributed by atoms with Crippen LogP contribution in [0, 0.1) is 0 Å². The second kappa shape index (κ2) is 6.41. The van der Waals surface area contributed by atoms with Crippen molar-refractivity contribution < 1.29 is 0 Å². The second-order valence-corrected chi connectivity index (χ2v) is 2.99. The molecule has 0 rings (SSSR count). The summed E-state index contributed by atoms with van der Waals surface area (Å²) in [6, 6.07) is 0. The van der Waals surface area contributed by atoms with Crippen LogP contribution >= 0.6 is 0 Å². The highest BCUT2D eigenvalue weighted by Gasteiger charge is 1.96. The Kier molecular flexibility index (Phi) is 5.86. The van der Waals surface area contributed by atoms with E-state index in [0.29, 0.717) is 0 Å². The Hall–Kier alpha value is -1.11. The van der Waals surface area contributed by atoms with E-state index in [0.717, 1.165) is 23.3 Å². The van der Waals surface area contributed by atoms with E-state index < -0.39 is 0 Å². The molecule has 0 atom stereocenters. The SMILES string of the molecule is C=C(C)/C(C)=C(/C=C\CC)N=CC. The summed E-state index contributed by atoms with van der Waals surface area (Å²) in [5.41, 5.74) is 3.24. The lowest BCUT2D eigenvalue weighted by atomic mass is 10.1. The van der Waals surface area contributed by atoms with Crippen molar-refractivity contribution >= 4 is 6.21 Å². The van der Waals surface area contributed by atoms with Gasteiger partial charge in [-0.1, -0.05) is 25.2 Å². The highest BCUT2D eigenvalue weighted by Crippen LogP contribution is 2.14. The van der Waals surface area contributed by atoms with Gasteiger partial charge < -0.3 is 0 Å². The van der Waals surface area contributed by atoms with Crippen molar-refractivity contribution in [3.05, 3.63) is 35.6 Å². The van der Waals surface area contributed by atoms with Gasteiger partial charge in [0.15, 0.2) is 0 Å². The molecular weight excluding hydrogens is 158 g/mol. The smallest absolute Gasteiger partial charge is 0.0653 e. The van der Waals surface area contributed by atoms with Gasteiger partial charge in [0, 0.05) is 6.21 Å². The Labute approximate surface area is 81.6 Å². The van der Waals surface area contributed by atoms with Gasteiger partial charge in [0.25, 0.3) is 0 Å². The maximum Gasteiger partial charge on any atom is 0.0653 e. The van der Waals surface area contributed by atoms with E-state index in [1.54, 1.807) is 0 Å². The van der Waals surface area contributed by atoms with Gasteiger partial charge in [-0.05, 0) is 38.8 Å². The molecular formula is C12H19N. The summed E-state index contributed by atoms with van der Waals surface area (Å²) < 4.78 is 0. The van der Waals surface area contributed by atoms with E-state index in [9.17, 15) is 0 Å². The first kappa shape index (κ1) is 11.9. The summed E-state index contributed by atoms with van der Waals surface area (Å²) in [5.74, 6) is 0. The van der Waals surface area contributed by atoms with Gasteiger partial charge in [-0.3, -0.25) is 4.99 Å². The van der Waals surface area contributed by atoms with Gasteiger partial charge in [-0.15, -0.1) is 0 Å². The first-order chi connectivity index (χ1) is 6.13. The van der Waals surface area contributed by atoms with Crippen LogP contribution in [-0.4, -0.2) is 6.21 Å². The lowest BCUT2D eigenvalue weighted by molar-refractivity contribution is 1.19. The number of hydrogen-bond acceptors (Lipinski definition) is 1. The Morgan fingerprint density at radius 2 is 2.00 bits per heavy atom. The van der Waals surface area contributed by atoms with Gasteiger partial charge in [-0.2, -0.15) is 0 Å². The van der Waals surface area contributed by atoms with Crippen LogP contribution in [-0.2, 0) is 0 Å². The number of nitrogens with zero attached hydrogens (tertiary/aromatic N) is 1. The van der Waals surface area contributed by atoms with E-state index in [-0.39, 0.29) is 0 Å². The van der Waals surface area contributed by atoms with E-state index in [1.165, 1.54) is 0 Å². The molecule has 0 spiro atoms. The van der Waals surface area contributed by atoms with Crippen molar-refractivity contribution in [2.24, 2.45) is 4.99 Å². The summed E-state index contributed by atoms with van der Waals surface area (Å²) in [6.45, 7) is 12.0. The summed E-state index contributed by atoms with van der Waals surface area (Å²) in [6.07, 6.45) is 6.99. The van der Waals surface area contributed by atoms with E-state index in [1.807, 2.05) is 33.1 Å². The molecule has 0 aromatic rings. The first-order valence-electron chi connectivity index (χ1n) is 4.65. The molecule has 1 nitrogen and oxygen atoms in total. The van der Waals surface area contributed by atoms with Gasteiger partial charge in [-0.25, -0.2) is 0 Å². The van der Waals surface area contributed by atoms with Crippen molar-refractivity contribution in [3.63, 3.8) is 0 Å². The normalized spacial score (nSPS) is 13.8. The van der Waals surface area contributed by atoms with Crippen molar-refractivity contribution in [3.8, 4) is 0 Å². The van der Waals surface area contributed by atoms with Gasteiger partial charge in [0.1, 0.15) is 0 Å². The Morgan fingerprint density at radius 1 is 1.38 bits per heavy atom. The van der Waals surface area contributed by atoms with Gasteiger partial charge in [0.2, 0.25) is 0 Å². The fourth-order valence-corrected chi connectivity index (χ4v) is 0.852. The van der Waals surface area contributed by atoms with Crippen LogP contribution < -0.4 is 0 Å². The summed E-state index contributed by atoms with van der Waals surface area (Å²) in [5, 5.41) is 0. The van der Waals surface area contributed by atoms with Crippen LogP contribution in [0.2, 0.25) is 0 Å². The topological polar surface area (TPSA) is 12.4 Å². The molecule has 0 amide bonds. The Morgan fingerprint density at radius 3 is 2.38 bits per heavy atom. The zero-order valence-electron chi connectivity index (χ0n) is 9.09. The van der Waals surface area contributed by atoms with Crippen molar-refractivity contribution in [2.45, 2.75) is 34.1 Å². The molecule has 0 aliphatic heterocycles. The molecule has 0 aromatic heterocycles. The predicted molar refractivity (Wildman–Crippen MR) is 61.1 cm³/mol. The molecule has 13 heavy (non-hydrogen) atoms. The van der Waals surface area contributed by atoms with Crippen LogP contribution in [0.1, 0.15) is 34.1 Å². The third-order valence-electron chi connectivity index (χ3n) is 1.80. The molecule has 0 fully saturated rings. The monoisotopic (exact) mass is 177 g/mol. The Balaban J connectivity index is 4.88. The fourth-order valence-electron chi connectivity index (χ4n) is 0.852. The zero-order valence-corrected chi connectivity index (χ0v) is 9.09. The van der Waals surface area contributed by atoms with Crippen molar-refractivity contribution in [2.75, 3.05) is 0 Å². The van der Waals surface area contributed by atoms with Crippen LogP contribution in [0.4, 0.5) is 0 Å². The van der Waals surface area contributed by atoms with Crippen LogP contribution in [0.3, 0.4) is 0 Å². The standard InChI is InChI=1S/C12H19N/c1-6-8-9-12(13-7-2)11(5)10(3)4/h7-9H,3,6H2,1-2,4-5H3/b9-8-,12-11-,13-7?. The minimum atomic E-state index is 1.01. The molecule has 0 aliphatic rings. The molecule has 0 unspecified atom stereocenters. The van der Waals surface area contributed by atoms with Crippen LogP contribution in [0.15, 0.2) is 40.6 Å². The highest BCUT2D eigenvalue weighted by molar-refractivity contribution is 5.57. The fraction of sp³-hybridized carbons (Fsp3) is 0.417. The predicted octanol–water partition coefficient (Wildman–Crippen LogP) is 3.89. The second-order valence-electron chi connectivity index (χ2n) is 2.99. The maximum atomic E-state index is 4.29. The molecule has 0 bridgehead atoms. The number of aliphatic imine (C=N–C) groups is 1. The number of hydrogen-bond donors (Lipinski definition) is 0. The van der Waals surface area contributed by atoms with Gasteiger partial charge in [0.05, 0.1) is 5.70 Å². The largest absolute Gasteiger partial charge is 0.261 e. The molecule has 0 aromatic carbocycles. The van der Waals surface area contributed by atoms with Crippen LogP contribution in [0.25, 0.3) is 0 Å². The molecule has 0 heterocycles. The van der Waals surface area contributed by atoms with Crippen LogP contribution in [0.5, 0.6) is 0 Å². The van der Waals surface area contributed by atoms with E-state index >= 15 is 0 Å². The molecule has 0 saturated heterocycles.